The van der Waals surface area contributed by atoms with E-state index in [1.165, 1.54) is 0 Å². The Balaban J connectivity index is 3.51. The topological polar surface area (TPSA) is 26.3 Å². The molecule has 0 heterocycles. The molecule has 1 aromatic carbocycles. The van der Waals surface area contributed by atoms with E-state index in [0.717, 1.165) is 13.2 Å². The van der Waals surface area contributed by atoms with Gasteiger partial charge < -0.3 is 4.74 Å². The molecule has 1 rings (SSSR count). The normalized spacial score (nSPS) is 11.4. The summed E-state index contributed by atoms with van der Waals surface area (Å²) in [5, 5.41) is -0.576. The molecular formula is C9H5ClF4O2. The van der Waals surface area contributed by atoms with Crippen LogP contribution in [-0.2, 0) is 10.9 Å². The molecule has 0 amide bonds. The molecular weight excluding hydrogens is 252 g/mol. The maximum absolute atomic E-state index is 13.3. The van der Waals surface area contributed by atoms with Gasteiger partial charge >= 0.3 is 12.1 Å². The van der Waals surface area contributed by atoms with Gasteiger partial charge in [0.1, 0.15) is 5.56 Å². The minimum Gasteiger partial charge on any atom is -0.465 e. The minimum atomic E-state index is -4.85. The number of methoxy groups -OCH3 is 1. The van der Waals surface area contributed by atoms with Gasteiger partial charge in [-0.25, -0.2) is 9.18 Å². The summed E-state index contributed by atoms with van der Waals surface area (Å²) in [6.07, 6.45) is -4.85. The molecule has 88 valence electrons. The number of benzene rings is 1. The first kappa shape index (κ1) is 12.8. The van der Waals surface area contributed by atoms with E-state index in [-0.39, 0.29) is 0 Å². The first-order valence-corrected chi connectivity index (χ1v) is 4.30. The van der Waals surface area contributed by atoms with Crippen LogP contribution < -0.4 is 0 Å². The Morgan fingerprint density at radius 3 is 2.38 bits per heavy atom. The van der Waals surface area contributed by atoms with Crippen molar-refractivity contribution in [2.45, 2.75) is 6.18 Å². The third-order valence-electron chi connectivity index (χ3n) is 1.79. The van der Waals surface area contributed by atoms with Crippen LogP contribution in [0, 0.1) is 5.82 Å². The predicted octanol–water partition coefficient (Wildman–Crippen LogP) is 3.28. The van der Waals surface area contributed by atoms with Gasteiger partial charge in [-0.2, -0.15) is 13.2 Å². The van der Waals surface area contributed by atoms with E-state index in [1.54, 1.807) is 0 Å². The molecule has 0 aromatic heterocycles. The summed E-state index contributed by atoms with van der Waals surface area (Å²) in [7, 11) is 0.850. The van der Waals surface area contributed by atoms with Crippen molar-refractivity contribution in [3.05, 3.63) is 34.1 Å². The van der Waals surface area contributed by atoms with Gasteiger partial charge in [0.25, 0.3) is 0 Å². The first-order chi connectivity index (χ1) is 7.29. The van der Waals surface area contributed by atoms with Gasteiger partial charge in [-0.05, 0) is 12.1 Å². The molecule has 0 aliphatic carbocycles. The number of esters is 1. The molecule has 0 N–H and O–H groups in total. The van der Waals surface area contributed by atoms with Gasteiger partial charge in [0, 0.05) is 0 Å². The molecule has 0 fully saturated rings. The average Bonchev–Trinajstić information content (AvgIpc) is 2.19. The summed E-state index contributed by atoms with van der Waals surface area (Å²) in [4.78, 5) is 11.0. The molecule has 0 atom stereocenters. The average molecular weight is 257 g/mol. The number of carbonyl (C=O) groups is 1. The maximum atomic E-state index is 13.3. The fraction of sp³-hybridized carbons (Fsp3) is 0.222. The summed E-state index contributed by atoms with van der Waals surface area (Å²) >= 11 is 5.29. The van der Waals surface area contributed by atoms with Gasteiger partial charge in [0.05, 0.1) is 17.7 Å². The Bertz CT molecular complexity index is 428. The Labute approximate surface area is 92.8 Å². The molecule has 0 spiro atoms. The highest BCUT2D eigenvalue weighted by Crippen LogP contribution is 2.35. The minimum absolute atomic E-state index is 0.525. The smallest absolute Gasteiger partial charge is 0.417 e. The zero-order chi connectivity index (χ0) is 12.5. The van der Waals surface area contributed by atoms with E-state index in [4.69, 9.17) is 11.6 Å². The summed E-state index contributed by atoms with van der Waals surface area (Å²) in [5.41, 5.74) is -2.62. The lowest BCUT2D eigenvalue weighted by atomic mass is 10.1. The second-order valence-corrected chi connectivity index (χ2v) is 3.18. The highest BCUT2D eigenvalue weighted by Gasteiger charge is 2.38. The second-order valence-electron chi connectivity index (χ2n) is 2.77. The van der Waals surface area contributed by atoms with E-state index in [0.29, 0.717) is 6.07 Å². The van der Waals surface area contributed by atoms with Crippen molar-refractivity contribution in [2.24, 2.45) is 0 Å². The quantitative estimate of drug-likeness (QED) is 0.569. The van der Waals surface area contributed by atoms with Crippen molar-refractivity contribution in [2.75, 3.05) is 7.11 Å². The molecule has 0 bridgehead atoms. The van der Waals surface area contributed by atoms with Crippen LogP contribution in [0.3, 0.4) is 0 Å². The third-order valence-corrected chi connectivity index (χ3v) is 2.08. The van der Waals surface area contributed by atoms with Crippen LogP contribution in [0.25, 0.3) is 0 Å². The van der Waals surface area contributed by atoms with E-state index in [1.807, 2.05) is 0 Å². The van der Waals surface area contributed by atoms with Crippen LogP contribution in [0.5, 0.6) is 0 Å². The lowest BCUT2D eigenvalue weighted by Crippen LogP contribution is -2.16. The van der Waals surface area contributed by atoms with Crippen molar-refractivity contribution in [1.29, 1.82) is 0 Å². The maximum Gasteiger partial charge on any atom is 0.417 e. The van der Waals surface area contributed by atoms with Crippen molar-refractivity contribution >= 4 is 17.6 Å². The van der Waals surface area contributed by atoms with E-state index >= 15 is 0 Å². The first-order valence-electron chi connectivity index (χ1n) is 3.92. The van der Waals surface area contributed by atoms with Crippen LogP contribution in [0.4, 0.5) is 17.6 Å². The Morgan fingerprint density at radius 2 is 1.94 bits per heavy atom. The fourth-order valence-corrected chi connectivity index (χ4v) is 1.25. The molecule has 0 unspecified atom stereocenters. The van der Waals surface area contributed by atoms with Crippen LogP contribution in [-0.4, -0.2) is 13.1 Å². The number of alkyl halides is 3. The Morgan fingerprint density at radius 1 is 1.38 bits per heavy atom. The van der Waals surface area contributed by atoms with Crippen molar-refractivity contribution < 1.29 is 27.1 Å². The lowest BCUT2D eigenvalue weighted by Gasteiger charge is -2.12. The molecule has 0 aliphatic rings. The molecule has 0 aliphatic heterocycles. The van der Waals surface area contributed by atoms with Gasteiger partial charge in [0.15, 0.2) is 5.82 Å². The van der Waals surface area contributed by atoms with Crippen LogP contribution >= 0.6 is 11.6 Å². The van der Waals surface area contributed by atoms with Crippen LogP contribution in [0.2, 0.25) is 5.02 Å². The Hall–Kier alpha value is -1.30. The van der Waals surface area contributed by atoms with Crippen molar-refractivity contribution in [3.63, 3.8) is 0 Å². The zero-order valence-corrected chi connectivity index (χ0v) is 8.62. The number of hydrogen-bond donors (Lipinski definition) is 0. The highest BCUT2D eigenvalue weighted by molar-refractivity contribution is 6.31. The van der Waals surface area contributed by atoms with E-state index < -0.39 is 34.1 Å². The van der Waals surface area contributed by atoms with Crippen LogP contribution in [0.1, 0.15) is 15.9 Å². The summed E-state index contributed by atoms with van der Waals surface area (Å²) < 4.78 is 54.7. The molecule has 7 heteroatoms. The Kier molecular flexibility index (Phi) is 3.42. The largest absolute Gasteiger partial charge is 0.465 e. The standard InChI is InChI=1S/C9H5ClF4O2/c1-16-8(15)6-4(9(12,13)14)2-3-5(10)7(6)11/h2-3H,1H3. The number of ether oxygens (including phenoxy) is 1. The van der Waals surface area contributed by atoms with E-state index in [2.05, 4.69) is 4.74 Å². The molecule has 0 saturated heterocycles. The SMILES string of the molecule is COC(=O)c1c(C(F)(F)F)ccc(Cl)c1F. The number of halogens is 5. The van der Waals surface area contributed by atoms with Gasteiger partial charge in [-0.15, -0.1) is 0 Å². The van der Waals surface area contributed by atoms with E-state index in [9.17, 15) is 22.4 Å². The van der Waals surface area contributed by atoms with Crippen molar-refractivity contribution in [3.8, 4) is 0 Å². The highest BCUT2D eigenvalue weighted by atomic mass is 35.5. The number of hydrogen-bond acceptors (Lipinski definition) is 2. The predicted molar refractivity (Wildman–Crippen MR) is 47.8 cm³/mol. The summed E-state index contributed by atoms with van der Waals surface area (Å²) in [6.45, 7) is 0. The number of rotatable bonds is 1. The molecule has 0 radical (unpaired) electrons. The second kappa shape index (κ2) is 4.29. The summed E-state index contributed by atoms with van der Waals surface area (Å²) in [6, 6.07) is 1.25. The van der Waals surface area contributed by atoms with Gasteiger partial charge in [-0.3, -0.25) is 0 Å². The van der Waals surface area contributed by atoms with Crippen molar-refractivity contribution in [1.82, 2.24) is 0 Å². The molecule has 1 aromatic rings. The molecule has 16 heavy (non-hydrogen) atoms. The van der Waals surface area contributed by atoms with Crippen LogP contribution in [0.15, 0.2) is 12.1 Å². The summed E-state index contributed by atoms with van der Waals surface area (Å²) in [5.74, 6) is -2.87. The third kappa shape index (κ3) is 2.27. The molecule has 2 nitrogen and oxygen atoms in total. The monoisotopic (exact) mass is 256 g/mol. The van der Waals surface area contributed by atoms with Gasteiger partial charge in [-0.1, -0.05) is 11.6 Å². The lowest BCUT2D eigenvalue weighted by molar-refractivity contribution is -0.138. The molecule has 0 saturated carbocycles. The van der Waals surface area contributed by atoms with Gasteiger partial charge in [0.2, 0.25) is 0 Å². The zero-order valence-electron chi connectivity index (χ0n) is 7.86. The fourth-order valence-electron chi connectivity index (χ4n) is 1.09. The number of carbonyl (C=O) groups excluding carboxylic acids is 1.